The highest BCUT2D eigenvalue weighted by Crippen LogP contribution is 2.16. The van der Waals surface area contributed by atoms with E-state index in [0.29, 0.717) is 13.0 Å². The lowest BCUT2D eigenvalue weighted by Gasteiger charge is -2.08. The van der Waals surface area contributed by atoms with Crippen LogP contribution in [0.5, 0.6) is 5.75 Å². The van der Waals surface area contributed by atoms with Crippen LogP contribution in [0, 0.1) is 5.82 Å². The zero-order chi connectivity index (χ0) is 14.5. The fourth-order valence-corrected chi connectivity index (χ4v) is 1.80. The number of rotatable bonds is 5. The maximum atomic E-state index is 13.6. The maximum Gasteiger partial charge on any atom is 0.335 e. The zero-order valence-electron chi connectivity index (χ0n) is 10.6. The Hall–Kier alpha value is -2.56. The molecule has 4 nitrogen and oxygen atoms in total. The number of aromatic hydroxyl groups is 1. The van der Waals surface area contributed by atoms with Gasteiger partial charge < -0.3 is 15.5 Å². The second kappa shape index (κ2) is 6.06. The van der Waals surface area contributed by atoms with E-state index in [1.165, 1.54) is 12.1 Å². The van der Waals surface area contributed by atoms with Gasteiger partial charge in [-0.1, -0.05) is 12.1 Å². The topological polar surface area (TPSA) is 69.6 Å². The van der Waals surface area contributed by atoms with Crippen LogP contribution in [0.2, 0.25) is 0 Å². The van der Waals surface area contributed by atoms with Gasteiger partial charge in [-0.25, -0.2) is 9.18 Å². The minimum absolute atomic E-state index is 0.0772. The van der Waals surface area contributed by atoms with Crippen molar-refractivity contribution in [2.24, 2.45) is 0 Å². The average Bonchev–Trinajstić information content (AvgIpc) is 2.42. The van der Waals surface area contributed by atoms with E-state index in [0.717, 1.165) is 11.6 Å². The molecule has 0 aliphatic carbocycles. The first-order valence-electron chi connectivity index (χ1n) is 6.11. The molecule has 2 rings (SSSR count). The summed E-state index contributed by atoms with van der Waals surface area (Å²) < 4.78 is 13.6. The molecular formula is C15H14FNO3. The van der Waals surface area contributed by atoms with Crippen molar-refractivity contribution in [3.8, 4) is 5.75 Å². The summed E-state index contributed by atoms with van der Waals surface area (Å²) in [6.07, 6.45) is 0.667. The van der Waals surface area contributed by atoms with Crippen molar-refractivity contribution >= 4 is 11.7 Å². The van der Waals surface area contributed by atoms with Gasteiger partial charge in [0.2, 0.25) is 0 Å². The molecule has 104 valence electrons. The third-order valence-corrected chi connectivity index (χ3v) is 2.88. The number of carboxylic acid groups (broad SMARTS) is 1. The Bertz CT molecular complexity index is 611. The monoisotopic (exact) mass is 275 g/mol. The van der Waals surface area contributed by atoms with Gasteiger partial charge in [0.05, 0.1) is 11.3 Å². The van der Waals surface area contributed by atoms with E-state index in [9.17, 15) is 9.18 Å². The molecule has 0 spiro atoms. The van der Waals surface area contributed by atoms with Crippen LogP contribution in [0.1, 0.15) is 15.9 Å². The number of benzene rings is 2. The number of carbonyl (C=O) groups is 1. The summed E-state index contributed by atoms with van der Waals surface area (Å²) in [5.41, 5.74) is 1.21. The molecule has 0 aliphatic rings. The highest BCUT2D eigenvalue weighted by atomic mass is 19.1. The summed E-state index contributed by atoms with van der Waals surface area (Å²) in [4.78, 5) is 10.7. The van der Waals surface area contributed by atoms with Gasteiger partial charge in [0.1, 0.15) is 11.6 Å². The minimum atomic E-state index is -1.15. The molecular weight excluding hydrogens is 261 g/mol. The SMILES string of the molecule is O=C(O)c1ccc(NCCc2ccc(O)cc2)c(F)c1. The maximum absolute atomic E-state index is 13.6. The molecule has 0 saturated heterocycles. The number of aromatic carboxylic acids is 1. The molecule has 0 radical (unpaired) electrons. The quantitative estimate of drug-likeness (QED) is 0.784. The first kappa shape index (κ1) is 13.9. The van der Waals surface area contributed by atoms with Crippen molar-refractivity contribution in [1.29, 1.82) is 0 Å². The number of nitrogens with one attached hydrogen (secondary N) is 1. The van der Waals surface area contributed by atoms with Crippen molar-refractivity contribution in [3.05, 3.63) is 59.4 Å². The summed E-state index contributed by atoms with van der Waals surface area (Å²) >= 11 is 0. The largest absolute Gasteiger partial charge is 0.508 e. The molecule has 0 amide bonds. The Labute approximate surface area is 115 Å². The Morgan fingerprint density at radius 3 is 2.45 bits per heavy atom. The van der Waals surface area contributed by atoms with E-state index in [-0.39, 0.29) is 17.0 Å². The van der Waals surface area contributed by atoms with Gasteiger partial charge >= 0.3 is 5.97 Å². The number of carboxylic acids is 1. The van der Waals surface area contributed by atoms with Crippen LogP contribution in [0.15, 0.2) is 42.5 Å². The van der Waals surface area contributed by atoms with E-state index >= 15 is 0 Å². The second-order valence-electron chi connectivity index (χ2n) is 4.34. The molecule has 2 aromatic carbocycles. The zero-order valence-corrected chi connectivity index (χ0v) is 10.6. The van der Waals surface area contributed by atoms with E-state index in [1.54, 1.807) is 24.3 Å². The second-order valence-corrected chi connectivity index (χ2v) is 4.34. The number of halogens is 1. The van der Waals surface area contributed by atoms with Crippen molar-refractivity contribution < 1.29 is 19.4 Å². The molecule has 3 N–H and O–H groups in total. The number of phenols is 1. The molecule has 0 saturated carbocycles. The third kappa shape index (κ3) is 3.47. The lowest BCUT2D eigenvalue weighted by molar-refractivity contribution is 0.0696. The third-order valence-electron chi connectivity index (χ3n) is 2.88. The lowest BCUT2D eigenvalue weighted by atomic mass is 10.1. The molecule has 0 heterocycles. The van der Waals surface area contributed by atoms with Gasteiger partial charge in [-0.15, -0.1) is 0 Å². The fourth-order valence-electron chi connectivity index (χ4n) is 1.80. The Morgan fingerprint density at radius 2 is 1.85 bits per heavy atom. The Kier molecular flexibility index (Phi) is 4.20. The van der Waals surface area contributed by atoms with E-state index in [4.69, 9.17) is 10.2 Å². The van der Waals surface area contributed by atoms with Crippen LogP contribution in [0.4, 0.5) is 10.1 Å². The van der Waals surface area contributed by atoms with Crippen molar-refractivity contribution in [2.75, 3.05) is 11.9 Å². The molecule has 5 heteroatoms. The van der Waals surface area contributed by atoms with Crippen molar-refractivity contribution in [3.63, 3.8) is 0 Å². The van der Waals surface area contributed by atoms with E-state index < -0.39 is 11.8 Å². The van der Waals surface area contributed by atoms with Crippen molar-refractivity contribution in [1.82, 2.24) is 0 Å². The van der Waals surface area contributed by atoms with Gasteiger partial charge in [-0.05, 0) is 42.3 Å². The summed E-state index contributed by atoms with van der Waals surface area (Å²) in [6, 6.07) is 10.5. The average molecular weight is 275 g/mol. The molecule has 0 aliphatic heterocycles. The van der Waals surface area contributed by atoms with Crippen LogP contribution in [-0.4, -0.2) is 22.7 Å². The smallest absolute Gasteiger partial charge is 0.335 e. The molecule has 0 bridgehead atoms. The van der Waals surface area contributed by atoms with Crippen LogP contribution < -0.4 is 5.32 Å². The molecule has 0 aromatic heterocycles. The van der Waals surface area contributed by atoms with Gasteiger partial charge in [0, 0.05) is 6.54 Å². The number of anilines is 1. The summed E-state index contributed by atoms with van der Waals surface area (Å²) in [5.74, 6) is -1.54. The lowest BCUT2D eigenvalue weighted by Crippen LogP contribution is -2.07. The fraction of sp³-hybridized carbons (Fsp3) is 0.133. The minimum Gasteiger partial charge on any atom is -0.508 e. The van der Waals surface area contributed by atoms with E-state index in [1.807, 2.05) is 0 Å². The Morgan fingerprint density at radius 1 is 1.15 bits per heavy atom. The normalized spacial score (nSPS) is 10.2. The van der Waals surface area contributed by atoms with Crippen LogP contribution >= 0.6 is 0 Å². The molecule has 20 heavy (non-hydrogen) atoms. The summed E-state index contributed by atoms with van der Waals surface area (Å²) in [5, 5.41) is 20.8. The first-order chi connectivity index (χ1) is 9.56. The first-order valence-corrected chi connectivity index (χ1v) is 6.11. The number of hydrogen-bond donors (Lipinski definition) is 3. The van der Waals surface area contributed by atoms with Gasteiger partial charge in [-0.2, -0.15) is 0 Å². The van der Waals surface area contributed by atoms with Crippen molar-refractivity contribution in [2.45, 2.75) is 6.42 Å². The van der Waals surface area contributed by atoms with Crippen LogP contribution in [-0.2, 0) is 6.42 Å². The Balaban J connectivity index is 1.94. The highest BCUT2D eigenvalue weighted by molar-refractivity contribution is 5.88. The summed E-state index contributed by atoms with van der Waals surface area (Å²) in [7, 11) is 0. The predicted octanol–water partition coefficient (Wildman–Crippen LogP) is 2.88. The van der Waals surface area contributed by atoms with Gasteiger partial charge in [0.25, 0.3) is 0 Å². The number of hydrogen-bond acceptors (Lipinski definition) is 3. The van der Waals surface area contributed by atoms with Crippen LogP contribution in [0.3, 0.4) is 0 Å². The number of phenolic OH excluding ortho intramolecular Hbond substituents is 1. The summed E-state index contributed by atoms with van der Waals surface area (Å²) in [6.45, 7) is 0.508. The standard InChI is InChI=1S/C15H14FNO3/c16-13-9-11(15(19)20)3-6-14(13)17-8-7-10-1-4-12(18)5-2-10/h1-6,9,17-18H,7-8H2,(H,19,20). The molecule has 0 unspecified atom stereocenters. The van der Waals surface area contributed by atoms with Gasteiger partial charge in [-0.3, -0.25) is 0 Å². The molecule has 0 fully saturated rings. The van der Waals surface area contributed by atoms with E-state index in [2.05, 4.69) is 5.32 Å². The highest BCUT2D eigenvalue weighted by Gasteiger charge is 2.07. The predicted molar refractivity (Wildman–Crippen MR) is 73.7 cm³/mol. The molecule has 0 atom stereocenters. The molecule has 2 aromatic rings. The van der Waals surface area contributed by atoms with Gasteiger partial charge in [0.15, 0.2) is 0 Å². The van der Waals surface area contributed by atoms with Crippen LogP contribution in [0.25, 0.3) is 0 Å².